The lowest BCUT2D eigenvalue weighted by atomic mass is 9.90. The van der Waals surface area contributed by atoms with E-state index in [4.69, 9.17) is 10.8 Å². The van der Waals surface area contributed by atoms with Crippen molar-refractivity contribution in [3.05, 3.63) is 23.8 Å². The first-order chi connectivity index (χ1) is 9.67. The third-order valence-electron chi connectivity index (χ3n) is 3.88. The number of carbonyl (C=O) groups is 1. The van der Waals surface area contributed by atoms with Gasteiger partial charge in [-0.25, -0.2) is 0 Å². The summed E-state index contributed by atoms with van der Waals surface area (Å²) in [5.41, 5.74) is 8.06. The zero-order valence-corrected chi connectivity index (χ0v) is 11.9. The van der Waals surface area contributed by atoms with Crippen LogP contribution in [0.1, 0.15) is 36.0 Å². The van der Waals surface area contributed by atoms with Crippen LogP contribution in [0, 0.1) is 0 Å². The molecule has 1 aromatic rings. The average molecular weight is 277 g/mol. The van der Waals surface area contributed by atoms with E-state index in [0.717, 1.165) is 25.1 Å². The monoisotopic (exact) mass is 277 g/mol. The highest BCUT2D eigenvalue weighted by Crippen LogP contribution is 2.33. The number of aliphatic hydroxyl groups excluding tert-OH is 1. The Labute approximate surface area is 119 Å². The van der Waals surface area contributed by atoms with Gasteiger partial charge in [0.25, 0.3) is 5.91 Å². The van der Waals surface area contributed by atoms with E-state index in [0.29, 0.717) is 23.7 Å². The van der Waals surface area contributed by atoms with Crippen molar-refractivity contribution in [2.45, 2.75) is 31.7 Å². The van der Waals surface area contributed by atoms with Crippen molar-refractivity contribution in [2.24, 2.45) is 0 Å². The highest BCUT2D eigenvalue weighted by molar-refractivity contribution is 6.00. The second kappa shape index (κ2) is 6.61. The normalized spacial score (nSPS) is 14.7. The summed E-state index contributed by atoms with van der Waals surface area (Å²) in [7, 11) is 1.63. The molecule has 20 heavy (non-hydrogen) atoms. The first-order valence-corrected chi connectivity index (χ1v) is 7.16. The Morgan fingerprint density at radius 2 is 2.25 bits per heavy atom. The minimum atomic E-state index is -0.103. The maximum Gasteiger partial charge on any atom is 0.253 e. The lowest BCUT2D eigenvalue weighted by Gasteiger charge is -2.40. The van der Waals surface area contributed by atoms with Crippen molar-refractivity contribution < 1.29 is 9.90 Å². The number of hydrogen-bond donors (Lipinski definition) is 3. The molecule has 5 heteroatoms. The molecule has 5 nitrogen and oxygen atoms in total. The molecule has 0 aromatic heterocycles. The van der Waals surface area contributed by atoms with Crippen LogP contribution in [0.2, 0.25) is 0 Å². The average Bonchev–Trinajstić information content (AvgIpc) is 2.40. The number of aliphatic hydroxyl groups is 1. The summed E-state index contributed by atoms with van der Waals surface area (Å²) < 4.78 is 0. The summed E-state index contributed by atoms with van der Waals surface area (Å²) in [6.45, 7) is 0.898. The summed E-state index contributed by atoms with van der Waals surface area (Å²) in [4.78, 5) is 14.2. The van der Waals surface area contributed by atoms with E-state index in [9.17, 15) is 4.79 Å². The number of carbonyl (C=O) groups excluding carboxylic acids is 1. The molecule has 0 atom stereocenters. The molecule has 0 aliphatic heterocycles. The first-order valence-electron chi connectivity index (χ1n) is 7.16. The summed E-state index contributed by atoms with van der Waals surface area (Å²) in [6.07, 6.45) is 4.18. The number of nitrogens with zero attached hydrogens (tertiary/aromatic N) is 1. The molecule has 110 valence electrons. The topological polar surface area (TPSA) is 78.6 Å². The molecule has 1 aliphatic carbocycles. The second-order valence-corrected chi connectivity index (χ2v) is 5.21. The molecule has 1 fully saturated rings. The number of hydrogen-bond acceptors (Lipinski definition) is 4. The molecule has 1 amide bonds. The lowest BCUT2D eigenvalue weighted by molar-refractivity contribution is 0.0963. The van der Waals surface area contributed by atoms with Gasteiger partial charge in [0.1, 0.15) is 0 Å². The number of benzene rings is 1. The molecule has 4 N–H and O–H groups in total. The SMILES string of the molecule is CNC(=O)c1ccc(N)cc1N(CCCO)C1CCC1. The number of amides is 1. The highest BCUT2D eigenvalue weighted by Gasteiger charge is 2.27. The van der Waals surface area contributed by atoms with Crippen molar-refractivity contribution in [3.63, 3.8) is 0 Å². The maximum absolute atomic E-state index is 12.0. The fourth-order valence-corrected chi connectivity index (χ4v) is 2.55. The van der Waals surface area contributed by atoms with Crippen LogP contribution in [-0.2, 0) is 0 Å². The summed E-state index contributed by atoms with van der Waals surface area (Å²) in [6, 6.07) is 5.83. The molecule has 1 aliphatic rings. The van der Waals surface area contributed by atoms with Gasteiger partial charge in [0.2, 0.25) is 0 Å². The van der Waals surface area contributed by atoms with Crippen LogP contribution in [0.25, 0.3) is 0 Å². The fraction of sp³-hybridized carbons (Fsp3) is 0.533. The number of nitrogens with two attached hydrogens (primary N) is 1. The molecule has 1 aromatic carbocycles. The van der Waals surface area contributed by atoms with Crippen LogP contribution < -0.4 is 16.0 Å². The van der Waals surface area contributed by atoms with Gasteiger partial charge in [0.15, 0.2) is 0 Å². The Kier molecular flexibility index (Phi) is 4.84. The highest BCUT2D eigenvalue weighted by atomic mass is 16.3. The molecule has 0 radical (unpaired) electrons. The zero-order valence-electron chi connectivity index (χ0n) is 11.9. The Hall–Kier alpha value is -1.75. The van der Waals surface area contributed by atoms with Gasteiger partial charge in [-0.2, -0.15) is 0 Å². The predicted molar refractivity (Wildman–Crippen MR) is 80.9 cm³/mol. The van der Waals surface area contributed by atoms with Crippen LogP contribution in [-0.4, -0.2) is 37.3 Å². The van der Waals surface area contributed by atoms with Gasteiger partial charge in [0, 0.05) is 31.9 Å². The Morgan fingerprint density at radius 3 is 2.80 bits per heavy atom. The first kappa shape index (κ1) is 14.7. The summed E-state index contributed by atoms with van der Waals surface area (Å²) in [5.74, 6) is -0.103. The minimum absolute atomic E-state index is 0.103. The summed E-state index contributed by atoms with van der Waals surface area (Å²) >= 11 is 0. The third-order valence-corrected chi connectivity index (χ3v) is 3.88. The van der Waals surface area contributed by atoms with Gasteiger partial charge in [-0.1, -0.05) is 0 Å². The number of rotatable bonds is 6. The van der Waals surface area contributed by atoms with Crippen molar-refractivity contribution in [1.29, 1.82) is 0 Å². The smallest absolute Gasteiger partial charge is 0.253 e. The van der Waals surface area contributed by atoms with Gasteiger partial charge >= 0.3 is 0 Å². The molecule has 0 bridgehead atoms. The van der Waals surface area contributed by atoms with Crippen LogP contribution in [0.4, 0.5) is 11.4 Å². The van der Waals surface area contributed by atoms with Crippen molar-refractivity contribution >= 4 is 17.3 Å². The van der Waals surface area contributed by atoms with E-state index >= 15 is 0 Å². The van der Waals surface area contributed by atoms with Crippen LogP contribution in [0.5, 0.6) is 0 Å². The number of nitrogen functional groups attached to an aromatic ring is 1. The predicted octanol–water partition coefficient (Wildman–Crippen LogP) is 1.37. The number of nitrogens with one attached hydrogen (secondary N) is 1. The second-order valence-electron chi connectivity index (χ2n) is 5.21. The van der Waals surface area contributed by atoms with Crippen molar-refractivity contribution in [1.82, 2.24) is 5.32 Å². The third kappa shape index (κ3) is 3.04. The molecule has 0 saturated heterocycles. The van der Waals surface area contributed by atoms with Gasteiger partial charge in [-0.05, 0) is 43.9 Å². The fourth-order valence-electron chi connectivity index (χ4n) is 2.55. The Balaban J connectivity index is 2.34. The van der Waals surface area contributed by atoms with E-state index in [1.54, 1.807) is 19.2 Å². The number of anilines is 2. The van der Waals surface area contributed by atoms with E-state index in [2.05, 4.69) is 10.2 Å². The van der Waals surface area contributed by atoms with Crippen molar-refractivity contribution in [2.75, 3.05) is 30.8 Å². The van der Waals surface area contributed by atoms with Crippen LogP contribution in [0.15, 0.2) is 18.2 Å². The molecule has 0 spiro atoms. The largest absolute Gasteiger partial charge is 0.399 e. The Bertz CT molecular complexity index is 472. The minimum Gasteiger partial charge on any atom is -0.399 e. The molecule has 0 heterocycles. The van der Waals surface area contributed by atoms with Gasteiger partial charge in [-0.15, -0.1) is 0 Å². The van der Waals surface area contributed by atoms with Gasteiger partial charge < -0.3 is 21.1 Å². The van der Waals surface area contributed by atoms with Gasteiger partial charge in [0.05, 0.1) is 11.3 Å². The van der Waals surface area contributed by atoms with Gasteiger partial charge in [-0.3, -0.25) is 4.79 Å². The standard InChI is InChI=1S/C15H23N3O2/c1-17-15(20)13-7-6-11(16)10-14(13)18(8-3-9-19)12-4-2-5-12/h6-7,10,12,19H,2-5,8-9,16H2,1H3,(H,17,20). The van der Waals surface area contributed by atoms with Crippen LogP contribution in [0.3, 0.4) is 0 Å². The van der Waals surface area contributed by atoms with Crippen molar-refractivity contribution in [3.8, 4) is 0 Å². The molecular weight excluding hydrogens is 254 g/mol. The summed E-state index contributed by atoms with van der Waals surface area (Å²) in [5, 5.41) is 11.8. The molecule has 0 unspecified atom stereocenters. The molecular formula is C15H23N3O2. The van der Waals surface area contributed by atoms with E-state index in [1.165, 1.54) is 6.42 Å². The molecule has 2 rings (SSSR count). The quantitative estimate of drug-likeness (QED) is 0.686. The lowest BCUT2D eigenvalue weighted by Crippen LogP contribution is -2.42. The maximum atomic E-state index is 12.0. The van der Waals surface area contributed by atoms with E-state index in [-0.39, 0.29) is 12.5 Å². The van der Waals surface area contributed by atoms with E-state index < -0.39 is 0 Å². The van der Waals surface area contributed by atoms with Crippen LogP contribution >= 0.6 is 0 Å². The van der Waals surface area contributed by atoms with E-state index in [1.807, 2.05) is 6.07 Å². The molecule has 1 saturated carbocycles. The zero-order chi connectivity index (χ0) is 14.5. The Morgan fingerprint density at radius 1 is 1.50 bits per heavy atom.